The average molecular weight is 152 g/mol. The Morgan fingerprint density at radius 1 is 1.40 bits per heavy atom. The summed E-state index contributed by atoms with van der Waals surface area (Å²) in [5, 5.41) is 12.0. The fourth-order valence-corrected chi connectivity index (χ4v) is 0.269. The molecule has 0 aromatic rings. The Morgan fingerprint density at radius 2 is 1.90 bits per heavy atom. The van der Waals surface area contributed by atoms with Crippen LogP contribution in [0.25, 0.3) is 0 Å². The highest BCUT2D eigenvalue weighted by Crippen LogP contribution is 1.74. The van der Waals surface area contributed by atoms with Gasteiger partial charge in [0.15, 0.2) is 0 Å². The second kappa shape index (κ2) is 11.2. The van der Waals surface area contributed by atoms with Crippen LogP contribution in [0.1, 0.15) is 6.92 Å². The number of hydrogen-bond acceptors (Lipinski definition) is 5. The van der Waals surface area contributed by atoms with Gasteiger partial charge in [0.1, 0.15) is 6.61 Å². The summed E-state index contributed by atoms with van der Waals surface area (Å²) in [6.45, 7) is 2.20. The van der Waals surface area contributed by atoms with E-state index in [1.807, 2.05) is 0 Å². The molecule has 0 saturated carbocycles. The first kappa shape index (κ1) is 12.1. The number of ether oxygens (including phenoxy) is 2. The van der Waals surface area contributed by atoms with Gasteiger partial charge in [0, 0.05) is 14.0 Å². The molecule has 0 aromatic carbocycles. The van der Waals surface area contributed by atoms with Crippen molar-refractivity contribution < 1.29 is 24.8 Å². The zero-order chi connectivity index (χ0) is 8.41. The maximum atomic E-state index is 10.0. The van der Waals surface area contributed by atoms with Crippen molar-refractivity contribution in [2.24, 2.45) is 0 Å². The largest absolute Gasteiger partial charge is 0.463 e. The van der Waals surface area contributed by atoms with Crippen LogP contribution in [0.5, 0.6) is 0 Å². The first-order chi connectivity index (χ1) is 4.77. The molecule has 0 aliphatic carbocycles. The van der Waals surface area contributed by atoms with E-state index in [0.29, 0.717) is 13.2 Å². The number of esters is 1. The second-order valence-electron chi connectivity index (χ2n) is 1.33. The van der Waals surface area contributed by atoms with E-state index < -0.39 is 0 Å². The van der Waals surface area contributed by atoms with Gasteiger partial charge in [-0.3, -0.25) is 15.3 Å². The van der Waals surface area contributed by atoms with Crippen LogP contribution in [0.15, 0.2) is 0 Å². The summed E-state index contributed by atoms with van der Waals surface area (Å²) < 4.78 is 9.13. The average Bonchev–Trinajstić information content (AvgIpc) is 1.92. The van der Waals surface area contributed by atoms with Gasteiger partial charge >= 0.3 is 5.97 Å². The van der Waals surface area contributed by atoms with Crippen LogP contribution in [0.2, 0.25) is 0 Å². The van der Waals surface area contributed by atoms with Gasteiger partial charge in [-0.05, 0) is 0 Å². The van der Waals surface area contributed by atoms with E-state index in [-0.39, 0.29) is 5.97 Å². The van der Waals surface area contributed by atoms with E-state index in [2.05, 4.69) is 9.47 Å². The number of methoxy groups -OCH3 is 1. The Kier molecular flexibility index (Phi) is 13.5. The van der Waals surface area contributed by atoms with Crippen molar-refractivity contribution in [2.75, 3.05) is 20.3 Å². The molecule has 0 amide bonds. The van der Waals surface area contributed by atoms with Crippen LogP contribution in [0.4, 0.5) is 0 Å². The highest BCUT2D eigenvalue weighted by Gasteiger charge is 1.88. The zero-order valence-electron chi connectivity index (χ0n) is 6.03. The lowest BCUT2D eigenvalue weighted by Gasteiger charge is -1.97. The normalized spacial score (nSPS) is 7.60. The number of carbonyl (C=O) groups is 1. The maximum absolute atomic E-state index is 10.0. The molecular formula is C5H12O5. The first-order valence-corrected chi connectivity index (χ1v) is 2.59. The first-order valence-electron chi connectivity index (χ1n) is 2.59. The molecule has 10 heavy (non-hydrogen) atoms. The molecule has 0 fully saturated rings. The fraction of sp³-hybridized carbons (Fsp3) is 0.800. The van der Waals surface area contributed by atoms with Crippen LogP contribution in [-0.2, 0) is 14.3 Å². The SMILES string of the molecule is COCCOC(C)=O.OO. The van der Waals surface area contributed by atoms with Crippen molar-refractivity contribution in [3.05, 3.63) is 0 Å². The summed E-state index contributed by atoms with van der Waals surface area (Å²) in [4.78, 5) is 10.0. The zero-order valence-corrected chi connectivity index (χ0v) is 6.03. The predicted molar refractivity (Wildman–Crippen MR) is 33.8 cm³/mol. The van der Waals surface area contributed by atoms with E-state index >= 15 is 0 Å². The Hall–Kier alpha value is -0.650. The molecule has 0 unspecified atom stereocenters. The van der Waals surface area contributed by atoms with Crippen molar-refractivity contribution in [3.63, 3.8) is 0 Å². The molecular weight excluding hydrogens is 140 g/mol. The number of hydrogen-bond donors (Lipinski definition) is 2. The summed E-state index contributed by atoms with van der Waals surface area (Å²) in [7, 11) is 1.56. The smallest absolute Gasteiger partial charge is 0.302 e. The topological polar surface area (TPSA) is 76.0 Å². The quantitative estimate of drug-likeness (QED) is 0.262. The molecule has 0 rings (SSSR count). The van der Waals surface area contributed by atoms with Gasteiger partial charge < -0.3 is 9.47 Å². The number of rotatable bonds is 3. The molecule has 0 spiro atoms. The fourth-order valence-electron chi connectivity index (χ4n) is 0.269. The lowest BCUT2D eigenvalue weighted by molar-refractivity contribution is -0.176. The maximum Gasteiger partial charge on any atom is 0.302 e. The second-order valence-corrected chi connectivity index (χ2v) is 1.33. The Labute approximate surface area is 59.1 Å². The molecule has 0 atom stereocenters. The molecule has 0 saturated heterocycles. The molecule has 0 aliphatic rings. The van der Waals surface area contributed by atoms with E-state index in [9.17, 15) is 4.79 Å². The van der Waals surface area contributed by atoms with Gasteiger partial charge in [0.05, 0.1) is 6.61 Å². The third-order valence-electron chi connectivity index (χ3n) is 0.593. The monoisotopic (exact) mass is 152 g/mol. The van der Waals surface area contributed by atoms with Gasteiger partial charge in [-0.2, -0.15) is 0 Å². The Morgan fingerprint density at radius 3 is 2.20 bits per heavy atom. The third-order valence-corrected chi connectivity index (χ3v) is 0.593. The Bertz CT molecular complexity index is 72.4. The third kappa shape index (κ3) is 15.7. The van der Waals surface area contributed by atoms with E-state index in [0.717, 1.165) is 0 Å². The minimum atomic E-state index is -0.262. The summed E-state index contributed by atoms with van der Waals surface area (Å²) in [5.74, 6) is -0.262. The molecule has 0 heterocycles. The van der Waals surface area contributed by atoms with Crippen LogP contribution in [-0.4, -0.2) is 36.8 Å². The molecule has 62 valence electrons. The van der Waals surface area contributed by atoms with Crippen molar-refractivity contribution >= 4 is 5.97 Å². The van der Waals surface area contributed by atoms with Gasteiger partial charge in [0.25, 0.3) is 0 Å². The molecule has 5 heteroatoms. The van der Waals surface area contributed by atoms with Crippen molar-refractivity contribution in [1.29, 1.82) is 0 Å². The summed E-state index contributed by atoms with van der Waals surface area (Å²) in [5.41, 5.74) is 0. The standard InChI is InChI=1S/C5H10O3.H2O2/c1-5(6)8-4-3-7-2;1-2/h3-4H2,1-2H3;1-2H. The van der Waals surface area contributed by atoms with E-state index in [4.69, 9.17) is 10.5 Å². The predicted octanol–water partition coefficient (Wildman–Crippen LogP) is 0.213. The molecule has 5 nitrogen and oxygen atoms in total. The summed E-state index contributed by atoms with van der Waals surface area (Å²) in [6.07, 6.45) is 0. The van der Waals surface area contributed by atoms with Gasteiger partial charge in [-0.15, -0.1) is 0 Å². The van der Waals surface area contributed by atoms with Crippen LogP contribution in [0.3, 0.4) is 0 Å². The van der Waals surface area contributed by atoms with Crippen LogP contribution < -0.4 is 0 Å². The molecule has 0 aromatic heterocycles. The molecule has 0 radical (unpaired) electrons. The van der Waals surface area contributed by atoms with E-state index in [1.165, 1.54) is 6.92 Å². The lowest BCUT2D eigenvalue weighted by Crippen LogP contribution is -2.05. The highest BCUT2D eigenvalue weighted by atomic mass is 17.0. The van der Waals surface area contributed by atoms with Gasteiger partial charge in [-0.25, -0.2) is 0 Å². The molecule has 0 aliphatic heterocycles. The minimum absolute atomic E-state index is 0.262. The van der Waals surface area contributed by atoms with Crippen LogP contribution >= 0.6 is 0 Å². The highest BCUT2D eigenvalue weighted by molar-refractivity contribution is 5.65. The van der Waals surface area contributed by atoms with E-state index in [1.54, 1.807) is 7.11 Å². The van der Waals surface area contributed by atoms with Gasteiger partial charge in [-0.1, -0.05) is 0 Å². The summed E-state index contributed by atoms with van der Waals surface area (Å²) >= 11 is 0. The van der Waals surface area contributed by atoms with Crippen molar-refractivity contribution in [2.45, 2.75) is 6.92 Å². The van der Waals surface area contributed by atoms with Crippen molar-refractivity contribution in [1.82, 2.24) is 0 Å². The summed E-state index contributed by atoms with van der Waals surface area (Å²) in [6, 6.07) is 0. The minimum Gasteiger partial charge on any atom is -0.463 e. The van der Waals surface area contributed by atoms with Crippen LogP contribution in [0, 0.1) is 0 Å². The van der Waals surface area contributed by atoms with Crippen molar-refractivity contribution in [3.8, 4) is 0 Å². The Balaban J connectivity index is 0. The number of carbonyl (C=O) groups excluding carboxylic acids is 1. The molecule has 2 N–H and O–H groups in total. The molecule has 0 bridgehead atoms. The van der Waals surface area contributed by atoms with Gasteiger partial charge in [0.2, 0.25) is 0 Å². The lowest BCUT2D eigenvalue weighted by atomic mass is 10.7.